The zero-order valence-electron chi connectivity index (χ0n) is 12.0. The van der Waals surface area contributed by atoms with Crippen LogP contribution in [0.4, 0.5) is 0 Å². The van der Waals surface area contributed by atoms with Gasteiger partial charge in [0.1, 0.15) is 0 Å². The molecule has 1 aromatic rings. The third-order valence-electron chi connectivity index (χ3n) is 4.19. The van der Waals surface area contributed by atoms with Gasteiger partial charge >= 0.3 is 0 Å². The zero-order chi connectivity index (χ0) is 13.5. The fourth-order valence-electron chi connectivity index (χ4n) is 2.97. The predicted octanol–water partition coefficient (Wildman–Crippen LogP) is 4.01. The lowest BCUT2D eigenvalue weighted by molar-refractivity contribution is -0.129. The molecule has 1 aliphatic carbocycles. The number of carbonyl (C=O) groups is 1. The second-order valence-corrected chi connectivity index (χ2v) is 5.72. The lowest BCUT2D eigenvalue weighted by Gasteiger charge is -2.26. The van der Waals surface area contributed by atoms with Crippen molar-refractivity contribution in [2.24, 2.45) is 5.92 Å². The van der Waals surface area contributed by atoms with E-state index in [9.17, 15) is 4.79 Å². The first-order chi connectivity index (χ1) is 9.25. The second kappa shape index (κ2) is 7.32. The molecule has 0 radical (unpaired) electrons. The van der Waals surface area contributed by atoms with Crippen LogP contribution in [0.3, 0.4) is 0 Å². The number of amides is 1. The third kappa shape index (κ3) is 4.70. The first-order valence-electron chi connectivity index (χ1n) is 7.55. The Hall–Kier alpha value is -1.31. The number of carbonyl (C=O) groups excluding carboxylic acids is 1. The smallest absolute Gasteiger partial charge is 0.219 e. The Morgan fingerprint density at radius 2 is 1.84 bits per heavy atom. The highest BCUT2D eigenvalue weighted by Gasteiger charge is 2.16. The molecule has 0 atom stereocenters. The SMILES string of the molecule is CC(=O)N(CCC1CCCCC1)Cc1ccccc1. The number of nitrogens with zero attached hydrogens (tertiary/aromatic N) is 1. The summed E-state index contributed by atoms with van der Waals surface area (Å²) in [6.45, 7) is 3.35. The van der Waals surface area contributed by atoms with Crippen molar-refractivity contribution in [3.8, 4) is 0 Å². The maximum atomic E-state index is 11.7. The predicted molar refractivity (Wildman–Crippen MR) is 78.7 cm³/mol. The minimum atomic E-state index is 0.194. The molecule has 0 unspecified atom stereocenters. The van der Waals surface area contributed by atoms with E-state index in [4.69, 9.17) is 0 Å². The number of hydrogen-bond acceptors (Lipinski definition) is 1. The van der Waals surface area contributed by atoms with Crippen molar-refractivity contribution in [3.05, 3.63) is 35.9 Å². The summed E-state index contributed by atoms with van der Waals surface area (Å²) >= 11 is 0. The van der Waals surface area contributed by atoms with Crippen molar-refractivity contribution in [1.82, 2.24) is 4.90 Å². The maximum absolute atomic E-state index is 11.7. The highest BCUT2D eigenvalue weighted by atomic mass is 16.2. The van der Waals surface area contributed by atoms with Gasteiger partial charge in [0.25, 0.3) is 0 Å². The Kier molecular flexibility index (Phi) is 5.44. The van der Waals surface area contributed by atoms with Gasteiger partial charge in [-0.1, -0.05) is 62.4 Å². The standard InChI is InChI=1S/C17H25NO/c1-15(19)18(14-17-10-6-3-7-11-17)13-12-16-8-4-2-5-9-16/h3,6-7,10-11,16H,2,4-5,8-9,12-14H2,1H3. The van der Waals surface area contributed by atoms with Crippen LogP contribution in [-0.2, 0) is 11.3 Å². The highest BCUT2D eigenvalue weighted by molar-refractivity contribution is 5.73. The molecule has 19 heavy (non-hydrogen) atoms. The molecule has 2 rings (SSSR count). The molecule has 0 aliphatic heterocycles. The lowest BCUT2D eigenvalue weighted by atomic mass is 9.87. The van der Waals surface area contributed by atoms with E-state index >= 15 is 0 Å². The minimum Gasteiger partial charge on any atom is -0.339 e. The van der Waals surface area contributed by atoms with Crippen LogP contribution in [0.5, 0.6) is 0 Å². The van der Waals surface area contributed by atoms with Crippen LogP contribution in [0.25, 0.3) is 0 Å². The Balaban J connectivity index is 1.84. The minimum absolute atomic E-state index is 0.194. The number of benzene rings is 1. The molecule has 1 saturated carbocycles. The van der Waals surface area contributed by atoms with Crippen molar-refractivity contribution < 1.29 is 4.79 Å². The summed E-state index contributed by atoms with van der Waals surface area (Å²) in [5.74, 6) is 1.03. The number of rotatable bonds is 5. The molecule has 0 bridgehead atoms. The van der Waals surface area contributed by atoms with E-state index < -0.39 is 0 Å². The van der Waals surface area contributed by atoms with Gasteiger partial charge in [-0.3, -0.25) is 4.79 Å². The first-order valence-corrected chi connectivity index (χ1v) is 7.55. The topological polar surface area (TPSA) is 20.3 Å². The van der Waals surface area contributed by atoms with Gasteiger partial charge < -0.3 is 4.90 Å². The molecule has 2 heteroatoms. The maximum Gasteiger partial charge on any atom is 0.219 e. The lowest BCUT2D eigenvalue weighted by Crippen LogP contribution is -2.30. The molecule has 1 aliphatic rings. The van der Waals surface area contributed by atoms with Gasteiger partial charge in [0.2, 0.25) is 5.91 Å². The van der Waals surface area contributed by atoms with Crippen molar-refractivity contribution in [2.45, 2.75) is 52.0 Å². The molecule has 1 aromatic carbocycles. The molecule has 0 saturated heterocycles. The van der Waals surface area contributed by atoms with Gasteiger partial charge in [0.05, 0.1) is 0 Å². The van der Waals surface area contributed by atoms with Crippen LogP contribution >= 0.6 is 0 Å². The van der Waals surface area contributed by atoms with Crippen molar-refractivity contribution in [1.29, 1.82) is 0 Å². The summed E-state index contributed by atoms with van der Waals surface area (Å²) < 4.78 is 0. The Labute approximate surface area is 116 Å². The molecule has 2 nitrogen and oxygen atoms in total. The van der Waals surface area contributed by atoms with Crippen molar-refractivity contribution in [3.63, 3.8) is 0 Å². The summed E-state index contributed by atoms with van der Waals surface area (Å²) in [6, 6.07) is 10.3. The molecule has 0 heterocycles. The quantitative estimate of drug-likeness (QED) is 0.782. The van der Waals surface area contributed by atoms with Crippen LogP contribution in [-0.4, -0.2) is 17.4 Å². The van der Waals surface area contributed by atoms with Gasteiger partial charge in [-0.05, 0) is 17.9 Å². The molecule has 0 N–H and O–H groups in total. The van der Waals surface area contributed by atoms with E-state index in [0.717, 1.165) is 19.0 Å². The third-order valence-corrected chi connectivity index (χ3v) is 4.19. The fourth-order valence-corrected chi connectivity index (χ4v) is 2.97. The molecule has 1 fully saturated rings. The number of hydrogen-bond donors (Lipinski definition) is 0. The Morgan fingerprint density at radius 3 is 2.47 bits per heavy atom. The van der Waals surface area contributed by atoms with E-state index in [0.29, 0.717) is 0 Å². The van der Waals surface area contributed by atoms with Crippen LogP contribution in [0.15, 0.2) is 30.3 Å². The second-order valence-electron chi connectivity index (χ2n) is 5.72. The monoisotopic (exact) mass is 259 g/mol. The van der Waals surface area contributed by atoms with Gasteiger partial charge in [-0.2, -0.15) is 0 Å². The summed E-state index contributed by atoms with van der Waals surface area (Å²) in [5, 5.41) is 0. The highest BCUT2D eigenvalue weighted by Crippen LogP contribution is 2.26. The van der Waals surface area contributed by atoms with E-state index in [2.05, 4.69) is 12.1 Å². The van der Waals surface area contributed by atoms with Gasteiger partial charge in [0.15, 0.2) is 0 Å². The molecule has 104 valence electrons. The van der Waals surface area contributed by atoms with Crippen molar-refractivity contribution >= 4 is 5.91 Å². The normalized spacial score (nSPS) is 16.3. The largest absolute Gasteiger partial charge is 0.339 e. The van der Waals surface area contributed by atoms with E-state index in [1.807, 2.05) is 23.1 Å². The van der Waals surface area contributed by atoms with Crippen LogP contribution in [0, 0.1) is 5.92 Å². The van der Waals surface area contributed by atoms with Crippen LogP contribution in [0.1, 0.15) is 51.0 Å². The summed E-state index contributed by atoms with van der Waals surface area (Å²) in [6.07, 6.45) is 8.05. The Morgan fingerprint density at radius 1 is 1.16 bits per heavy atom. The van der Waals surface area contributed by atoms with E-state index in [1.165, 1.54) is 44.1 Å². The first kappa shape index (κ1) is 14.1. The fraction of sp³-hybridized carbons (Fsp3) is 0.588. The van der Waals surface area contributed by atoms with Crippen LogP contribution in [0.2, 0.25) is 0 Å². The molecule has 0 aromatic heterocycles. The molecular weight excluding hydrogens is 234 g/mol. The van der Waals surface area contributed by atoms with Gasteiger partial charge in [-0.25, -0.2) is 0 Å². The van der Waals surface area contributed by atoms with Crippen LogP contribution < -0.4 is 0 Å². The van der Waals surface area contributed by atoms with E-state index in [1.54, 1.807) is 6.92 Å². The summed E-state index contributed by atoms with van der Waals surface area (Å²) in [4.78, 5) is 13.7. The average molecular weight is 259 g/mol. The van der Waals surface area contributed by atoms with Gasteiger partial charge in [-0.15, -0.1) is 0 Å². The zero-order valence-corrected chi connectivity index (χ0v) is 12.0. The van der Waals surface area contributed by atoms with Gasteiger partial charge in [0, 0.05) is 20.0 Å². The molecule has 0 spiro atoms. The van der Waals surface area contributed by atoms with Crippen molar-refractivity contribution in [2.75, 3.05) is 6.54 Å². The Bertz CT molecular complexity index is 382. The molecule has 1 amide bonds. The summed E-state index contributed by atoms with van der Waals surface area (Å²) in [5.41, 5.74) is 1.22. The van der Waals surface area contributed by atoms with E-state index in [-0.39, 0.29) is 5.91 Å². The average Bonchev–Trinajstić information content (AvgIpc) is 2.45. The molecular formula is C17H25NO. The summed E-state index contributed by atoms with van der Waals surface area (Å²) in [7, 11) is 0.